The molecule has 0 radical (unpaired) electrons. The Morgan fingerprint density at radius 3 is 2.35 bits per heavy atom. The number of carbonyl (C=O) groups is 3. The van der Waals surface area contributed by atoms with E-state index in [-0.39, 0.29) is 18.9 Å². The molecule has 0 aromatic rings. The Kier molecular flexibility index (Phi) is 8.35. The Bertz CT molecular complexity index is 346. The minimum Gasteiger partial charge on any atom is -0.480 e. The molecule has 0 aromatic heterocycles. The third kappa shape index (κ3) is 6.40. The third-order valence-electron chi connectivity index (χ3n) is 3.15. The quantitative estimate of drug-likeness (QED) is 0.655. The van der Waals surface area contributed by atoms with Crippen LogP contribution in [0, 0.1) is 0 Å². The van der Waals surface area contributed by atoms with Gasteiger partial charge >= 0.3 is 18.0 Å². The Morgan fingerprint density at radius 1 is 1.30 bits per heavy atom. The largest absolute Gasteiger partial charge is 0.480 e. The predicted octanol–water partition coefficient (Wildman–Crippen LogP) is 1.22. The van der Waals surface area contributed by atoms with Crippen LogP contribution >= 0.6 is 0 Å². The van der Waals surface area contributed by atoms with E-state index < -0.39 is 24.0 Å². The van der Waals surface area contributed by atoms with Gasteiger partial charge in [0.2, 0.25) is 0 Å². The normalized spacial score (nSPS) is 13.2. The van der Waals surface area contributed by atoms with Gasteiger partial charge in [0.25, 0.3) is 0 Å². The summed E-state index contributed by atoms with van der Waals surface area (Å²) in [6.45, 7) is 3.91. The molecule has 0 aromatic carbocycles. The topological polar surface area (TPSA) is 95.9 Å². The van der Waals surface area contributed by atoms with Crippen LogP contribution in [0.4, 0.5) is 4.79 Å². The van der Waals surface area contributed by atoms with Crippen molar-refractivity contribution < 1.29 is 24.2 Å². The van der Waals surface area contributed by atoms with Gasteiger partial charge in [-0.05, 0) is 19.8 Å². The standard InChI is InChI=1S/C13H24N2O5/c1-5-6-9(2)15(3)13(19)14-10(12(17)18)7-8-11(16)20-4/h9-10H,5-8H2,1-4H3,(H,14,19)(H,17,18)/t9?,10-/m1/s1. The van der Waals surface area contributed by atoms with Crippen molar-refractivity contribution >= 4 is 18.0 Å². The lowest BCUT2D eigenvalue weighted by Gasteiger charge is -2.26. The number of nitrogens with zero attached hydrogens (tertiary/aromatic N) is 1. The predicted molar refractivity (Wildman–Crippen MR) is 73.3 cm³/mol. The first-order valence-corrected chi connectivity index (χ1v) is 6.66. The minimum atomic E-state index is -1.17. The number of esters is 1. The highest BCUT2D eigenvalue weighted by atomic mass is 16.5. The van der Waals surface area contributed by atoms with E-state index in [1.165, 1.54) is 12.0 Å². The minimum absolute atomic E-state index is 0.00372. The number of urea groups is 1. The van der Waals surface area contributed by atoms with Gasteiger partial charge in [-0.1, -0.05) is 13.3 Å². The molecule has 2 atom stereocenters. The maximum atomic E-state index is 11.9. The molecule has 0 rings (SSSR count). The van der Waals surface area contributed by atoms with Crippen LogP contribution in [0.2, 0.25) is 0 Å². The summed E-state index contributed by atoms with van der Waals surface area (Å²) in [6.07, 6.45) is 1.72. The lowest BCUT2D eigenvalue weighted by Crippen LogP contribution is -2.49. The summed E-state index contributed by atoms with van der Waals surface area (Å²) in [5, 5.41) is 11.5. The van der Waals surface area contributed by atoms with Crippen molar-refractivity contribution in [1.82, 2.24) is 10.2 Å². The van der Waals surface area contributed by atoms with Gasteiger partial charge < -0.3 is 20.1 Å². The van der Waals surface area contributed by atoms with E-state index in [9.17, 15) is 14.4 Å². The van der Waals surface area contributed by atoms with Gasteiger partial charge in [-0.3, -0.25) is 4.79 Å². The van der Waals surface area contributed by atoms with Crippen LogP contribution in [0.3, 0.4) is 0 Å². The molecule has 1 unspecified atom stereocenters. The summed E-state index contributed by atoms with van der Waals surface area (Å²) >= 11 is 0. The average molecular weight is 288 g/mol. The van der Waals surface area contributed by atoms with Crippen LogP contribution in [-0.4, -0.2) is 54.2 Å². The highest BCUT2D eigenvalue weighted by molar-refractivity contribution is 5.83. The molecule has 20 heavy (non-hydrogen) atoms. The number of ether oxygens (including phenoxy) is 1. The lowest BCUT2D eigenvalue weighted by atomic mass is 10.1. The van der Waals surface area contributed by atoms with Crippen LogP contribution in [-0.2, 0) is 14.3 Å². The molecule has 0 fully saturated rings. The molecule has 0 saturated carbocycles. The fourth-order valence-electron chi connectivity index (χ4n) is 1.68. The van der Waals surface area contributed by atoms with E-state index in [2.05, 4.69) is 10.1 Å². The number of aliphatic carboxylic acids is 1. The number of hydrogen-bond donors (Lipinski definition) is 2. The Labute approximate surface area is 119 Å². The van der Waals surface area contributed by atoms with E-state index in [1.807, 2.05) is 13.8 Å². The number of methoxy groups -OCH3 is 1. The van der Waals surface area contributed by atoms with E-state index in [0.717, 1.165) is 12.8 Å². The van der Waals surface area contributed by atoms with Crippen LogP contribution in [0.15, 0.2) is 0 Å². The van der Waals surface area contributed by atoms with Crippen molar-refractivity contribution in [1.29, 1.82) is 0 Å². The van der Waals surface area contributed by atoms with Crippen molar-refractivity contribution in [2.45, 2.75) is 51.6 Å². The first kappa shape index (κ1) is 18.2. The molecule has 0 spiro atoms. The van der Waals surface area contributed by atoms with Crippen molar-refractivity contribution in [3.63, 3.8) is 0 Å². The summed E-state index contributed by atoms with van der Waals surface area (Å²) in [5.74, 6) is -1.67. The zero-order valence-electron chi connectivity index (χ0n) is 12.5. The highest BCUT2D eigenvalue weighted by Crippen LogP contribution is 2.06. The summed E-state index contributed by atoms with van der Waals surface area (Å²) in [5.41, 5.74) is 0. The molecule has 0 saturated heterocycles. The molecule has 2 N–H and O–H groups in total. The molecule has 0 heterocycles. The molecular weight excluding hydrogens is 264 g/mol. The monoisotopic (exact) mass is 288 g/mol. The van der Waals surface area contributed by atoms with Crippen LogP contribution < -0.4 is 5.32 Å². The van der Waals surface area contributed by atoms with Gasteiger partial charge in [-0.25, -0.2) is 9.59 Å². The van der Waals surface area contributed by atoms with Gasteiger partial charge in [0.15, 0.2) is 0 Å². The summed E-state index contributed by atoms with van der Waals surface area (Å²) in [7, 11) is 2.85. The number of carboxylic acids is 1. The molecule has 0 aliphatic heterocycles. The van der Waals surface area contributed by atoms with Crippen LogP contribution in [0.5, 0.6) is 0 Å². The molecule has 2 amide bonds. The van der Waals surface area contributed by atoms with Crippen molar-refractivity contribution in [3.05, 3.63) is 0 Å². The molecule has 7 nitrogen and oxygen atoms in total. The summed E-state index contributed by atoms with van der Waals surface area (Å²) < 4.78 is 4.45. The second kappa shape index (κ2) is 9.17. The van der Waals surface area contributed by atoms with Crippen molar-refractivity contribution in [2.24, 2.45) is 0 Å². The average Bonchev–Trinajstić information content (AvgIpc) is 2.41. The Morgan fingerprint density at radius 2 is 1.90 bits per heavy atom. The first-order valence-electron chi connectivity index (χ1n) is 6.66. The fraction of sp³-hybridized carbons (Fsp3) is 0.769. The number of carbonyl (C=O) groups excluding carboxylic acids is 2. The molecular formula is C13H24N2O5. The SMILES string of the molecule is CCCC(C)N(C)C(=O)N[C@H](CCC(=O)OC)C(=O)O. The lowest BCUT2D eigenvalue weighted by molar-refractivity contribution is -0.142. The zero-order valence-corrected chi connectivity index (χ0v) is 12.5. The second-order valence-corrected chi connectivity index (χ2v) is 4.70. The maximum Gasteiger partial charge on any atom is 0.326 e. The van der Waals surface area contributed by atoms with Gasteiger partial charge in [-0.15, -0.1) is 0 Å². The summed E-state index contributed by atoms with van der Waals surface area (Å²) in [6, 6.07) is -1.53. The molecule has 0 aliphatic carbocycles. The van der Waals surface area contributed by atoms with Crippen LogP contribution in [0.25, 0.3) is 0 Å². The van der Waals surface area contributed by atoms with Gasteiger partial charge in [0, 0.05) is 19.5 Å². The number of amides is 2. The third-order valence-corrected chi connectivity index (χ3v) is 3.15. The number of hydrogen-bond acceptors (Lipinski definition) is 4. The molecule has 0 aliphatic rings. The number of nitrogens with one attached hydrogen (secondary N) is 1. The Balaban J connectivity index is 4.47. The maximum absolute atomic E-state index is 11.9. The molecule has 7 heteroatoms. The summed E-state index contributed by atoms with van der Waals surface area (Å²) in [4.78, 5) is 35.5. The van der Waals surface area contributed by atoms with Crippen molar-refractivity contribution in [2.75, 3.05) is 14.2 Å². The highest BCUT2D eigenvalue weighted by Gasteiger charge is 2.24. The van der Waals surface area contributed by atoms with E-state index in [0.29, 0.717) is 0 Å². The second-order valence-electron chi connectivity index (χ2n) is 4.70. The van der Waals surface area contributed by atoms with E-state index in [1.54, 1.807) is 7.05 Å². The van der Waals surface area contributed by atoms with E-state index >= 15 is 0 Å². The van der Waals surface area contributed by atoms with Crippen LogP contribution in [0.1, 0.15) is 39.5 Å². The first-order chi connectivity index (χ1) is 9.33. The fourth-order valence-corrected chi connectivity index (χ4v) is 1.68. The zero-order chi connectivity index (χ0) is 15.7. The van der Waals surface area contributed by atoms with Gasteiger partial charge in [-0.2, -0.15) is 0 Å². The number of carboxylic acid groups (broad SMARTS) is 1. The number of rotatable bonds is 8. The smallest absolute Gasteiger partial charge is 0.326 e. The van der Waals surface area contributed by atoms with E-state index in [4.69, 9.17) is 5.11 Å². The molecule has 116 valence electrons. The molecule has 0 bridgehead atoms. The van der Waals surface area contributed by atoms with Gasteiger partial charge in [0.05, 0.1) is 7.11 Å². The van der Waals surface area contributed by atoms with Crippen molar-refractivity contribution in [3.8, 4) is 0 Å². The Hall–Kier alpha value is -1.79. The van der Waals surface area contributed by atoms with Gasteiger partial charge in [0.1, 0.15) is 6.04 Å².